The van der Waals surface area contributed by atoms with Crippen molar-refractivity contribution < 1.29 is 51.6 Å². The summed E-state index contributed by atoms with van der Waals surface area (Å²) in [4.78, 5) is 30.2. The van der Waals surface area contributed by atoms with Crippen LogP contribution in [0.25, 0.3) is 0 Å². The van der Waals surface area contributed by atoms with Crippen LogP contribution in [0.1, 0.15) is 377 Å². The van der Waals surface area contributed by atoms with E-state index < -0.39 is 37.4 Å². The standard InChI is InChI=1S/C75H145O11P/c1-13-21-29-37-45-53-61-79-73(80-62-54-46-38-30-22-14-2)74(81-63-55-47-39-31-23-15-3,85-69(71(76)67(9)10)59-51-43-35-27-19-7)75(82-64-56-48-40-32-24-16-4,83-65-57-49-41-33-25-17-5)87(78,84-66-58-50-42-34-26-18-6)86-70(72(77)68(11)12)60-52-44-36-28-20-8/h69-70,73H,9,11,13-66H2,1-8,10,12H3. The molecule has 0 fully saturated rings. The van der Waals surface area contributed by atoms with Gasteiger partial charge in [-0.15, -0.1) is 0 Å². The summed E-state index contributed by atoms with van der Waals surface area (Å²) in [5.74, 6) is -3.08. The first-order valence-electron chi connectivity index (χ1n) is 37.5. The van der Waals surface area contributed by atoms with E-state index in [-0.39, 0.29) is 57.6 Å². The molecule has 12 heteroatoms. The summed E-state index contributed by atoms with van der Waals surface area (Å²) in [7, 11) is -5.13. The Hall–Kier alpha value is -1.27. The number of Topliss-reactive ketones (excluding diaryl/α,β-unsaturated/α-hetero) is 2. The van der Waals surface area contributed by atoms with Crippen molar-refractivity contribution in [1.82, 2.24) is 0 Å². The highest BCUT2D eigenvalue weighted by Gasteiger charge is 2.75. The van der Waals surface area contributed by atoms with Crippen LogP contribution in [0, 0.1) is 0 Å². The predicted molar refractivity (Wildman–Crippen MR) is 369 cm³/mol. The van der Waals surface area contributed by atoms with Gasteiger partial charge in [0.05, 0.1) is 26.4 Å². The Morgan fingerprint density at radius 3 is 0.943 bits per heavy atom. The minimum Gasteiger partial charge on any atom is -0.348 e. The summed E-state index contributed by atoms with van der Waals surface area (Å²) < 4.78 is 78.0. The van der Waals surface area contributed by atoms with Crippen LogP contribution >= 0.6 is 7.60 Å². The molecule has 0 spiro atoms. The smallest absolute Gasteiger partial charge is 0.348 e. The van der Waals surface area contributed by atoms with E-state index in [9.17, 15) is 4.79 Å². The molecule has 0 bridgehead atoms. The lowest BCUT2D eigenvalue weighted by molar-refractivity contribution is -0.447. The predicted octanol–water partition coefficient (Wildman–Crippen LogP) is 23.9. The Morgan fingerprint density at radius 1 is 0.345 bits per heavy atom. The Bertz CT molecular complexity index is 1600. The number of rotatable bonds is 71. The van der Waals surface area contributed by atoms with E-state index in [0.717, 1.165) is 244 Å². The Morgan fingerprint density at radius 2 is 0.609 bits per heavy atom. The van der Waals surface area contributed by atoms with Crippen molar-refractivity contribution in [2.24, 2.45) is 0 Å². The molecule has 4 unspecified atom stereocenters. The number of carbonyl (C=O) groups excluding carboxylic acids is 2. The molecular weight excluding hydrogens is 1110 g/mol. The lowest BCUT2D eigenvalue weighted by Crippen LogP contribution is -2.69. The fourth-order valence-corrected chi connectivity index (χ4v) is 13.7. The largest absolute Gasteiger partial charge is 0.396 e. The zero-order chi connectivity index (χ0) is 64.4. The van der Waals surface area contributed by atoms with Crippen molar-refractivity contribution in [2.45, 2.75) is 407 Å². The second kappa shape index (κ2) is 59.7. The molecule has 0 saturated heterocycles. The molecule has 0 rings (SSSR count). The maximum atomic E-state index is 18.1. The lowest BCUT2D eigenvalue weighted by atomic mass is 10.0. The second-order valence-electron chi connectivity index (χ2n) is 25.7. The highest BCUT2D eigenvalue weighted by molar-refractivity contribution is 7.55. The van der Waals surface area contributed by atoms with Gasteiger partial charge in [-0.05, 0) is 76.4 Å². The van der Waals surface area contributed by atoms with Crippen LogP contribution in [0.5, 0.6) is 0 Å². The normalized spacial score (nSPS) is 14.1. The Labute approximate surface area is 539 Å². The quantitative estimate of drug-likeness (QED) is 0.0250. The van der Waals surface area contributed by atoms with Gasteiger partial charge in [0.1, 0.15) is 12.2 Å². The fourth-order valence-electron chi connectivity index (χ4n) is 11.3. The highest BCUT2D eigenvalue weighted by Crippen LogP contribution is 2.68. The second-order valence-corrected chi connectivity index (χ2v) is 27.8. The summed E-state index contributed by atoms with van der Waals surface area (Å²) in [6.45, 7) is 30.4. The van der Waals surface area contributed by atoms with E-state index in [2.05, 4.69) is 68.5 Å². The molecule has 0 heterocycles. The summed E-state index contributed by atoms with van der Waals surface area (Å²) in [5.41, 5.74) is -1.98. The van der Waals surface area contributed by atoms with Gasteiger partial charge in [0, 0.05) is 13.2 Å². The summed E-state index contributed by atoms with van der Waals surface area (Å²) >= 11 is 0. The summed E-state index contributed by atoms with van der Waals surface area (Å²) in [6.07, 6.45) is 41.5. The van der Waals surface area contributed by atoms with Crippen LogP contribution in [-0.4, -0.2) is 81.0 Å². The van der Waals surface area contributed by atoms with Gasteiger partial charge in [-0.2, -0.15) is 0 Å². The van der Waals surface area contributed by atoms with E-state index >= 15 is 9.36 Å². The minimum atomic E-state index is -5.13. The Kier molecular flexibility index (Phi) is 58.9. The van der Waals surface area contributed by atoms with Crippen molar-refractivity contribution in [1.29, 1.82) is 0 Å². The number of carbonyl (C=O) groups is 2. The topological polar surface area (TPSA) is 125 Å². The van der Waals surface area contributed by atoms with Crippen LogP contribution < -0.4 is 0 Å². The fraction of sp³-hybridized carbons (Fsp3) is 0.920. The third-order valence-corrected chi connectivity index (χ3v) is 19.3. The van der Waals surface area contributed by atoms with Crippen LogP contribution in [0.3, 0.4) is 0 Å². The van der Waals surface area contributed by atoms with Crippen molar-refractivity contribution in [3.63, 3.8) is 0 Å². The molecule has 0 aromatic carbocycles. The first-order chi connectivity index (χ1) is 42.3. The zero-order valence-electron chi connectivity index (χ0n) is 59.3. The molecular formula is C75H145O11P. The SMILES string of the molecule is C=C(C)C(=O)C(CCCCCCC)OC(OCCCCCCCC)(C(OCCCCCCCC)OCCCCCCCC)C(OCCCCCCCC)(OCCCCCCCC)P(=O)(OCCCCCCCC)OC(CCCCCCC)C(=O)C(=C)C. The maximum Gasteiger partial charge on any atom is 0.396 e. The van der Waals surface area contributed by atoms with Gasteiger partial charge in [-0.1, -0.05) is 325 Å². The molecule has 0 saturated carbocycles. The highest BCUT2D eigenvalue weighted by atomic mass is 31.2. The summed E-state index contributed by atoms with van der Waals surface area (Å²) in [6, 6.07) is 0. The Balaban J connectivity index is 9.68. The van der Waals surface area contributed by atoms with Crippen LogP contribution in [0.15, 0.2) is 24.3 Å². The van der Waals surface area contributed by atoms with E-state index in [4.69, 9.17) is 37.5 Å². The number of ether oxygens (including phenoxy) is 6. The van der Waals surface area contributed by atoms with Crippen LogP contribution in [0.2, 0.25) is 0 Å². The molecule has 0 amide bonds. The van der Waals surface area contributed by atoms with Gasteiger partial charge in [-0.25, -0.2) is 0 Å². The van der Waals surface area contributed by atoms with Gasteiger partial charge in [-0.3, -0.25) is 18.7 Å². The number of unbranched alkanes of at least 4 members (excludes halogenated alkanes) is 38. The minimum absolute atomic E-state index is 0.0252. The first kappa shape index (κ1) is 85.7. The number of ketones is 2. The van der Waals surface area contributed by atoms with E-state index in [0.29, 0.717) is 56.1 Å². The zero-order valence-corrected chi connectivity index (χ0v) is 60.2. The molecule has 87 heavy (non-hydrogen) atoms. The van der Waals surface area contributed by atoms with Crippen molar-refractivity contribution in [3.8, 4) is 0 Å². The van der Waals surface area contributed by atoms with Crippen molar-refractivity contribution >= 4 is 19.2 Å². The molecule has 516 valence electrons. The molecule has 0 aromatic rings. The van der Waals surface area contributed by atoms with Gasteiger partial charge in [0.25, 0.3) is 5.79 Å². The molecule has 0 aliphatic heterocycles. The molecule has 0 aliphatic carbocycles. The van der Waals surface area contributed by atoms with Gasteiger partial charge < -0.3 is 32.9 Å². The monoisotopic (exact) mass is 1250 g/mol. The number of hydrogen-bond donors (Lipinski definition) is 0. The van der Waals surface area contributed by atoms with Crippen LogP contribution in [-0.2, 0) is 51.6 Å². The van der Waals surface area contributed by atoms with Crippen LogP contribution in [0.4, 0.5) is 0 Å². The van der Waals surface area contributed by atoms with Gasteiger partial charge in [0.2, 0.25) is 6.29 Å². The third kappa shape index (κ3) is 39.8. The van der Waals surface area contributed by atoms with Crippen molar-refractivity contribution in [2.75, 3.05) is 39.6 Å². The van der Waals surface area contributed by atoms with E-state index in [1.165, 1.54) is 12.8 Å². The molecule has 11 nitrogen and oxygen atoms in total. The number of hydrogen-bond acceptors (Lipinski definition) is 11. The van der Waals surface area contributed by atoms with Gasteiger partial charge in [0.15, 0.2) is 11.6 Å². The third-order valence-electron chi connectivity index (χ3n) is 17.0. The van der Waals surface area contributed by atoms with Gasteiger partial charge >= 0.3 is 13.1 Å². The average Bonchev–Trinajstić information content (AvgIpc) is 0.742. The average molecular weight is 1250 g/mol. The molecule has 0 aromatic heterocycles. The van der Waals surface area contributed by atoms with Crippen molar-refractivity contribution in [3.05, 3.63) is 24.3 Å². The molecule has 0 N–H and O–H groups in total. The molecule has 0 aliphatic rings. The maximum absolute atomic E-state index is 18.1. The van der Waals surface area contributed by atoms with E-state index in [1.807, 2.05) is 0 Å². The lowest BCUT2D eigenvalue weighted by Gasteiger charge is -2.53. The van der Waals surface area contributed by atoms with E-state index in [1.54, 1.807) is 13.8 Å². The first-order valence-corrected chi connectivity index (χ1v) is 39.0. The molecule has 4 atom stereocenters. The molecule has 0 radical (unpaired) electrons. The summed E-state index contributed by atoms with van der Waals surface area (Å²) in [5, 5.41) is 0.